The second-order valence-electron chi connectivity index (χ2n) is 5.64. The van der Waals surface area contributed by atoms with Crippen molar-refractivity contribution in [2.24, 2.45) is 0 Å². The highest BCUT2D eigenvalue weighted by atomic mass is 16.5. The summed E-state index contributed by atoms with van der Waals surface area (Å²) >= 11 is 0. The van der Waals surface area contributed by atoms with E-state index in [-0.39, 0.29) is 12.5 Å². The Morgan fingerprint density at radius 2 is 1.79 bits per heavy atom. The number of carbonyl (C=O) groups excluding carboxylic acids is 1. The Morgan fingerprint density at radius 3 is 2.43 bits per heavy atom. The van der Waals surface area contributed by atoms with Crippen molar-refractivity contribution in [3.8, 4) is 11.3 Å². The second-order valence-corrected chi connectivity index (χ2v) is 5.64. The van der Waals surface area contributed by atoms with Gasteiger partial charge in [-0.1, -0.05) is 0 Å². The van der Waals surface area contributed by atoms with Gasteiger partial charge in [0, 0.05) is 29.7 Å². The van der Waals surface area contributed by atoms with Crippen molar-refractivity contribution in [2.75, 3.05) is 24.3 Å². The molecule has 0 spiro atoms. The van der Waals surface area contributed by atoms with Gasteiger partial charge in [0.05, 0.1) is 18.4 Å². The number of anilines is 3. The molecule has 3 aromatic rings. The molecule has 0 fully saturated rings. The van der Waals surface area contributed by atoms with E-state index in [9.17, 15) is 9.59 Å². The van der Waals surface area contributed by atoms with Crippen molar-refractivity contribution in [1.29, 1.82) is 0 Å². The topological polar surface area (TPSA) is 126 Å². The average molecular weight is 379 g/mol. The Balaban J connectivity index is 1.89. The van der Waals surface area contributed by atoms with Crippen LogP contribution in [0.25, 0.3) is 11.3 Å². The predicted octanol–water partition coefficient (Wildman–Crippen LogP) is 2.57. The van der Waals surface area contributed by atoms with E-state index in [0.717, 1.165) is 5.56 Å². The number of aromatic nitrogens is 3. The molecule has 142 valence electrons. The van der Waals surface area contributed by atoms with Crippen LogP contribution in [0.4, 0.5) is 17.5 Å². The molecule has 0 saturated carbocycles. The first-order valence-electron chi connectivity index (χ1n) is 8.25. The summed E-state index contributed by atoms with van der Waals surface area (Å²) in [5, 5.41) is 14.7. The quantitative estimate of drug-likeness (QED) is 0.531. The number of hydrogen-bond acceptors (Lipinski definition) is 8. The molecule has 9 nitrogen and oxygen atoms in total. The lowest BCUT2D eigenvalue weighted by Gasteiger charge is -2.11. The van der Waals surface area contributed by atoms with Gasteiger partial charge in [0.2, 0.25) is 5.95 Å². The smallest absolute Gasteiger partial charge is 0.337 e. The van der Waals surface area contributed by atoms with Crippen LogP contribution in [0.1, 0.15) is 10.4 Å². The molecule has 2 heterocycles. The number of rotatable bonds is 7. The summed E-state index contributed by atoms with van der Waals surface area (Å²) in [6, 6.07) is 12.0. The highest BCUT2D eigenvalue weighted by Crippen LogP contribution is 2.23. The lowest BCUT2D eigenvalue weighted by Crippen LogP contribution is -2.15. The van der Waals surface area contributed by atoms with Gasteiger partial charge in [0.15, 0.2) is 0 Å². The van der Waals surface area contributed by atoms with Crippen LogP contribution in [0.2, 0.25) is 0 Å². The number of nitrogens with zero attached hydrogens (tertiary/aromatic N) is 3. The molecule has 0 aliphatic carbocycles. The maximum absolute atomic E-state index is 11.5. The number of methoxy groups -OCH3 is 1. The Hall–Kier alpha value is -4.01. The Kier molecular flexibility index (Phi) is 5.75. The van der Waals surface area contributed by atoms with Crippen LogP contribution < -0.4 is 10.6 Å². The van der Waals surface area contributed by atoms with E-state index < -0.39 is 11.9 Å². The number of carboxylic acid groups (broad SMARTS) is 1. The summed E-state index contributed by atoms with van der Waals surface area (Å²) in [5.74, 6) is -0.814. The summed E-state index contributed by atoms with van der Waals surface area (Å²) in [6.07, 6.45) is 3.28. The van der Waals surface area contributed by atoms with E-state index in [1.165, 1.54) is 7.11 Å². The zero-order valence-corrected chi connectivity index (χ0v) is 14.9. The zero-order chi connectivity index (χ0) is 19.9. The normalized spacial score (nSPS) is 10.2. The van der Waals surface area contributed by atoms with E-state index in [0.29, 0.717) is 22.8 Å². The fourth-order valence-corrected chi connectivity index (χ4v) is 2.37. The molecule has 9 heteroatoms. The molecular formula is C19H17N5O4. The number of ether oxygens (including phenoxy) is 1. The van der Waals surface area contributed by atoms with Crippen LogP contribution >= 0.6 is 0 Å². The zero-order valence-electron chi connectivity index (χ0n) is 14.9. The number of hydrogen-bond donors (Lipinski definition) is 3. The maximum atomic E-state index is 11.5. The summed E-state index contributed by atoms with van der Waals surface area (Å²) in [6.45, 7) is -0.312. The Bertz CT molecular complexity index is 977. The van der Waals surface area contributed by atoms with Crippen LogP contribution in [-0.2, 0) is 9.53 Å². The van der Waals surface area contributed by atoms with Crippen LogP contribution in [0.5, 0.6) is 0 Å². The summed E-state index contributed by atoms with van der Waals surface area (Å²) in [4.78, 5) is 35.0. The molecule has 0 amide bonds. The van der Waals surface area contributed by atoms with Gasteiger partial charge in [-0.3, -0.25) is 9.78 Å². The largest absolute Gasteiger partial charge is 0.480 e. The highest BCUT2D eigenvalue weighted by Gasteiger charge is 2.09. The van der Waals surface area contributed by atoms with Gasteiger partial charge in [-0.15, -0.1) is 0 Å². The fourth-order valence-electron chi connectivity index (χ4n) is 2.37. The molecule has 0 bridgehead atoms. The fraction of sp³-hybridized carbons (Fsp3) is 0.105. The summed E-state index contributed by atoms with van der Waals surface area (Å²) in [5.41, 5.74) is 2.52. The number of pyridine rings is 1. The molecule has 3 rings (SSSR count). The predicted molar refractivity (Wildman–Crippen MR) is 102 cm³/mol. The van der Waals surface area contributed by atoms with Crippen molar-refractivity contribution in [2.45, 2.75) is 0 Å². The number of esters is 1. The molecule has 0 radical (unpaired) electrons. The van der Waals surface area contributed by atoms with Gasteiger partial charge in [-0.25, -0.2) is 9.78 Å². The summed E-state index contributed by atoms with van der Waals surface area (Å²) in [7, 11) is 1.32. The number of carbonyl (C=O) groups is 2. The van der Waals surface area contributed by atoms with Gasteiger partial charge in [0.25, 0.3) is 0 Å². The van der Waals surface area contributed by atoms with Crippen LogP contribution in [0, 0.1) is 0 Å². The SMILES string of the molecule is COC(=O)c1ccc(Nc2cc(-c3ccncc3)nc(NCC(=O)O)n2)cc1. The van der Waals surface area contributed by atoms with Gasteiger partial charge >= 0.3 is 11.9 Å². The minimum Gasteiger partial charge on any atom is -0.480 e. The number of benzene rings is 1. The number of carboxylic acids is 1. The average Bonchev–Trinajstić information content (AvgIpc) is 2.72. The van der Waals surface area contributed by atoms with Gasteiger partial charge in [-0.05, 0) is 36.4 Å². The van der Waals surface area contributed by atoms with E-state index in [2.05, 4.69) is 30.3 Å². The Labute approximate surface area is 160 Å². The second kappa shape index (κ2) is 8.58. The van der Waals surface area contributed by atoms with Crippen LogP contribution in [0.3, 0.4) is 0 Å². The van der Waals surface area contributed by atoms with E-state index in [1.54, 1.807) is 54.9 Å². The molecule has 28 heavy (non-hydrogen) atoms. The van der Waals surface area contributed by atoms with Crippen molar-refractivity contribution in [3.05, 3.63) is 60.4 Å². The first-order valence-corrected chi connectivity index (χ1v) is 8.25. The number of aliphatic carboxylic acids is 1. The summed E-state index contributed by atoms with van der Waals surface area (Å²) < 4.78 is 4.68. The van der Waals surface area contributed by atoms with Gasteiger partial charge in [-0.2, -0.15) is 4.98 Å². The lowest BCUT2D eigenvalue weighted by molar-refractivity contribution is -0.134. The van der Waals surface area contributed by atoms with Gasteiger partial charge < -0.3 is 20.5 Å². The molecule has 2 aromatic heterocycles. The molecular weight excluding hydrogens is 362 g/mol. The van der Waals surface area contributed by atoms with Gasteiger partial charge in [0.1, 0.15) is 12.4 Å². The Morgan fingerprint density at radius 1 is 1.07 bits per heavy atom. The van der Waals surface area contributed by atoms with E-state index in [4.69, 9.17) is 5.11 Å². The molecule has 0 saturated heterocycles. The maximum Gasteiger partial charge on any atom is 0.337 e. The monoisotopic (exact) mass is 379 g/mol. The third kappa shape index (κ3) is 4.79. The van der Waals surface area contributed by atoms with Crippen LogP contribution in [0.15, 0.2) is 54.9 Å². The third-order valence-corrected chi connectivity index (χ3v) is 3.68. The molecule has 0 aliphatic rings. The van der Waals surface area contributed by atoms with E-state index >= 15 is 0 Å². The molecule has 0 aliphatic heterocycles. The van der Waals surface area contributed by atoms with Crippen molar-refractivity contribution >= 4 is 29.4 Å². The van der Waals surface area contributed by atoms with Crippen molar-refractivity contribution < 1.29 is 19.4 Å². The minimum absolute atomic E-state index is 0.172. The first kappa shape index (κ1) is 18.8. The molecule has 3 N–H and O–H groups in total. The standard InChI is InChI=1S/C19H17N5O4/c1-28-18(27)13-2-4-14(5-3-13)22-16-10-15(12-6-8-20-9-7-12)23-19(24-16)21-11-17(25)26/h2-10H,11H2,1H3,(H,25,26)(H2,21,22,23,24). The minimum atomic E-state index is -1.02. The number of nitrogens with one attached hydrogen (secondary N) is 2. The van der Waals surface area contributed by atoms with Crippen molar-refractivity contribution in [3.63, 3.8) is 0 Å². The van der Waals surface area contributed by atoms with Crippen LogP contribution in [-0.4, -0.2) is 45.7 Å². The van der Waals surface area contributed by atoms with Crippen molar-refractivity contribution in [1.82, 2.24) is 15.0 Å². The third-order valence-electron chi connectivity index (χ3n) is 3.68. The lowest BCUT2D eigenvalue weighted by atomic mass is 10.2. The molecule has 0 unspecified atom stereocenters. The molecule has 0 atom stereocenters. The van der Waals surface area contributed by atoms with E-state index in [1.807, 2.05) is 0 Å². The first-order chi connectivity index (χ1) is 13.5. The highest BCUT2D eigenvalue weighted by molar-refractivity contribution is 5.89. The molecule has 1 aromatic carbocycles.